The highest BCUT2D eigenvalue weighted by Gasteiger charge is 2.24. The zero-order chi connectivity index (χ0) is 27.1. The van der Waals surface area contributed by atoms with Crippen LogP contribution in [0.5, 0.6) is 11.5 Å². The van der Waals surface area contributed by atoms with Crippen molar-refractivity contribution in [1.29, 1.82) is 5.41 Å². The van der Waals surface area contributed by atoms with E-state index in [9.17, 15) is 15.0 Å². The molecule has 0 radical (unpaired) electrons. The van der Waals surface area contributed by atoms with Crippen molar-refractivity contribution in [1.82, 2.24) is 14.7 Å². The van der Waals surface area contributed by atoms with Crippen LogP contribution in [-0.4, -0.2) is 90.1 Å². The standard InChI is InChI=1S/C28H42N6O3/c1-20(2)23-17-24(26(36)18-25(23)35)27(29)34(28(30)37)22-9-7-21(8-10-22)19-33-15-13-32(14-16-33)12-6-5-11-31(3)4/h7-10,17-18,20,29,35-36H,5-6,11-16,19H2,1-4H3,(H2,30,37). The fourth-order valence-electron chi connectivity index (χ4n) is 4.68. The first-order chi connectivity index (χ1) is 17.6. The van der Waals surface area contributed by atoms with Gasteiger partial charge in [0.2, 0.25) is 0 Å². The first kappa shape index (κ1) is 28.4. The number of urea groups is 1. The lowest BCUT2D eigenvalue weighted by molar-refractivity contribution is 0.125. The number of nitrogens with zero attached hydrogens (tertiary/aromatic N) is 4. The molecule has 1 aliphatic rings. The molecule has 9 heteroatoms. The van der Waals surface area contributed by atoms with Crippen LogP contribution in [0.1, 0.15) is 49.3 Å². The van der Waals surface area contributed by atoms with Crippen LogP contribution in [0, 0.1) is 5.41 Å². The Morgan fingerprint density at radius 3 is 2.19 bits per heavy atom. The van der Waals surface area contributed by atoms with E-state index in [1.807, 2.05) is 26.0 Å². The molecule has 0 aromatic heterocycles. The summed E-state index contributed by atoms with van der Waals surface area (Å²) in [6.07, 6.45) is 2.45. The molecule has 2 aromatic rings. The molecule has 0 bridgehead atoms. The highest BCUT2D eigenvalue weighted by Crippen LogP contribution is 2.33. The minimum atomic E-state index is -0.821. The van der Waals surface area contributed by atoms with Crippen LogP contribution in [-0.2, 0) is 6.54 Å². The van der Waals surface area contributed by atoms with Gasteiger partial charge in [-0.1, -0.05) is 26.0 Å². The van der Waals surface area contributed by atoms with Gasteiger partial charge in [-0.05, 0) is 75.3 Å². The minimum Gasteiger partial charge on any atom is -0.508 e. The summed E-state index contributed by atoms with van der Waals surface area (Å²) in [5.74, 6) is -0.615. The third-order valence-electron chi connectivity index (χ3n) is 6.86. The fraction of sp³-hybridized carbons (Fsp3) is 0.500. The molecule has 2 amide bonds. The summed E-state index contributed by atoms with van der Waals surface area (Å²) in [7, 11) is 4.23. The topological polar surface area (TPSA) is 120 Å². The maximum atomic E-state index is 12.3. The van der Waals surface area contributed by atoms with Crippen LogP contribution in [0.4, 0.5) is 10.5 Å². The average molecular weight is 511 g/mol. The number of benzene rings is 2. The number of rotatable bonds is 10. The first-order valence-corrected chi connectivity index (χ1v) is 13.0. The molecule has 5 N–H and O–H groups in total. The van der Waals surface area contributed by atoms with Gasteiger partial charge in [-0.3, -0.25) is 10.3 Å². The quantitative estimate of drug-likeness (QED) is 0.220. The Labute approximate surface area is 220 Å². The predicted octanol–water partition coefficient (Wildman–Crippen LogP) is 3.59. The van der Waals surface area contributed by atoms with Gasteiger partial charge in [-0.2, -0.15) is 0 Å². The van der Waals surface area contributed by atoms with Crippen molar-refractivity contribution in [2.24, 2.45) is 5.73 Å². The molecule has 1 saturated heterocycles. The molecule has 1 heterocycles. The summed E-state index contributed by atoms with van der Waals surface area (Å²) in [5.41, 5.74) is 7.91. The molecule has 0 saturated carbocycles. The Balaban J connectivity index is 1.62. The van der Waals surface area contributed by atoms with Crippen molar-refractivity contribution in [2.75, 3.05) is 58.3 Å². The number of unbranched alkanes of at least 4 members (excludes halogenated alkanes) is 1. The van der Waals surface area contributed by atoms with Gasteiger partial charge >= 0.3 is 6.03 Å². The summed E-state index contributed by atoms with van der Waals surface area (Å²) in [5, 5.41) is 29.1. The van der Waals surface area contributed by atoms with Gasteiger partial charge in [-0.15, -0.1) is 0 Å². The number of aromatic hydroxyl groups is 2. The number of phenolic OH excluding ortho intramolecular Hbond substituents is 2. The Kier molecular flexibility index (Phi) is 9.91. The van der Waals surface area contributed by atoms with E-state index >= 15 is 0 Å². The lowest BCUT2D eigenvalue weighted by Gasteiger charge is -2.34. The number of amidine groups is 1. The van der Waals surface area contributed by atoms with E-state index in [1.54, 1.807) is 12.1 Å². The van der Waals surface area contributed by atoms with Gasteiger partial charge in [0.25, 0.3) is 0 Å². The predicted molar refractivity (Wildman–Crippen MR) is 149 cm³/mol. The van der Waals surface area contributed by atoms with Gasteiger partial charge in [-0.25, -0.2) is 9.69 Å². The van der Waals surface area contributed by atoms with Crippen molar-refractivity contribution < 1.29 is 15.0 Å². The van der Waals surface area contributed by atoms with Gasteiger partial charge in [0, 0.05) is 38.8 Å². The van der Waals surface area contributed by atoms with Crippen LogP contribution in [0.3, 0.4) is 0 Å². The Morgan fingerprint density at radius 1 is 1.00 bits per heavy atom. The summed E-state index contributed by atoms with van der Waals surface area (Å²) in [6.45, 7) is 11.1. The van der Waals surface area contributed by atoms with Crippen molar-refractivity contribution in [2.45, 2.75) is 39.2 Å². The third kappa shape index (κ3) is 7.67. The number of nitrogens with one attached hydrogen (secondary N) is 1. The molecule has 0 aliphatic carbocycles. The van der Waals surface area contributed by atoms with Crippen LogP contribution < -0.4 is 10.6 Å². The van der Waals surface area contributed by atoms with Crippen molar-refractivity contribution in [3.8, 4) is 11.5 Å². The maximum absolute atomic E-state index is 12.3. The van der Waals surface area contributed by atoms with Gasteiger partial charge in [0.1, 0.15) is 17.3 Å². The molecule has 2 aromatic carbocycles. The summed E-state index contributed by atoms with van der Waals surface area (Å²) >= 11 is 0. The zero-order valence-corrected chi connectivity index (χ0v) is 22.6. The molecule has 3 rings (SSSR count). The summed E-state index contributed by atoms with van der Waals surface area (Å²) in [4.78, 5) is 20.6. The number of anilines is 1. The van der Waals surface area contributed by atoms with E-state index in [4.69, 9.17) is 11.1 Å². The largest absolute Gasteiger partial charge is 0.508 e. The third-order valence-corrected chi connectivity index (χ3v) is 6.86. The van der Waals surface area contributed by atoms with Crippen molar-refractivity contribution in [3.05, 3.63) is 53.1 Å². The molecule has 1 aliphatic heterocycles. The van der Waals surface area contributed by atoms with Crippen molar-refractivity contribution >= 4 is 17.6 Å². The second-order valence-corrected chi connectivity index (χ2v) is 10.4. The van der Waals surface area contributed by atoms with E-state index in [1.165, 1.54) is 25.0 Å². The van der Waals surface area contributed by atoms with Gasteiger partial charge < -0.3 is 25.7 Å². The smallest absolute Gasteiger partial charge is 0.325 e. The Bertz CT molecular complexity index is 1060. The lowest BCUT2D eigenvalue weighted by atomic mass is 9.98. The zero-order valence-electron chi connectivity index (χ0n) is 22.6. The number of nitrogens with two attached hydrogens (primary N) is 1. The first-order valence-electron chi connectivity index (χ1n) is 13.0. The number of hydrogen-bond donors (Lipinski definition) is 4. The molecule has 0 spiro atoms. The number of carbonyl (C=O) groups is 1. The second kappa shape index (κ2) is 12.9. The lowest BCUT2D eigenvalue weighted by Crippen LogP contribution is -2.46. The Morgan fingerprint density at radius 2 is 1.62 bits per heavy atom. The SMILES string of the molecule is CC(C)c1cc(C(=N)N(C(N)=O)c2ccc(CN3CCN(CCCCN(C)C)CC3)cc2)c(O)cc1O. The number of amides is 2. The van der Waals surface area contributed by atoms with Gasteiger partial charge in [0.15, 0.2) is 0 Å². The molecule has 0 unspecified atom stereocenters. The highest BCUT2D eigenvalue weighted by molar-refractivity contribution is 6.22. The van der Waals surface area contributed by atoms with Crippen LogP contribution in [0.2, 0.25) is 0 Å². The monoisotopic (exact) mass is 510 g/mol. The van der Waals surface area contributed by atoms with E-state index in [-0.39, 0.29) is 28.8 Å². The number of primary amides is 1. The van der Waals surface area contributed by atoms with Crippen LogP contribution in [0.25, 0.3) is 0 Å². The number of piperazine rings is 1. The van der Waals surface area contributed by atoms with E-state index in [0.717, 1.165) is 56.3 Å². The van der Waals surface area contributed by atoms with E-state index < -0.39 is 6.03 Å². The number of hydrogen-bond acceptors (Lipinski definition) is 7. The molecule has 0 atom stereocenters. The molecule has 1 fully saturated rings. The number of phenols is 2. The molecule has 37 heavy (non-hydrogen) atoms. The van der Waals surface area contributed by atoms with E-state index in [2.05, 4.69) is 28.8 Å². The van der Waals surface area contributed by atoms with Crippen LogP contribution in [0.15, 0.2) is 36.4 Å². The maximum Gasteiger partial charge on any atom is 0.325 e. The van der Waals surface area contributed by atoms with Crippen LogP contribution >= 0.6 is 0 Å². The van der Waals surface area contributed by atoms with Crippen molar-refractivity contribution in [3.63, 3.8) is 0 Å². The minimum absolute atomic E-state index is 0.0293. The fourth-order valence-corrected chi connectivity index (χ4v) is 4.68. The Hall–Kier alpha value is -3.14. The molecule has 202 valence electrons. The van der Waals surface area contributed by atoms with Gasteiger partial charge in [0.05, 0.1) is 11.3 Å². The summed E-state index contributed by atoms with van der Waals surface area (Å²) in [6, 6.07) is 9.35. The molecular weight excluding hydrogens is 468 g/mol. The molecular formula is C28H42N6O3. The number of carbonyl (C=O) groups excluding carboxylic acids is 1. The summed E-state index contributed by atoms with van der Waals surface area (Å²) < 4.78 is 0. The average Bonchev–Trinajstić information content (AvgIpc) is 2.83. The highest BCUT2D eigenvalue weighted by atomic mass is 16.3. The normalized spacial score (nSPS) is 14.9. The molecule has 9 nitrogen and oxygen atoms in total. The second-order valence-electron chi connectivity index (χ2n) is 10.4. The van der Waals surface area contributed by atoms with E-state index in [0.29, 0.717) is 11.3 Å².